The van der Waals surface area contributed by atoms with Crippen LogP contribution in [-0.2, 0) is 4.74 Å². The summed E-state index contributed by atoms with van der Waals surface area (Å²) >= 11 is 0. The third kappa shape index (κ3) is 1.44. The van der Waals surface area contributed by atoms with Gasteiger partial charge in [-0.05, 0) is 25.1 Å². The van der Waals surface area contributed by atoms with E-state index in [2.05, 4.69) is 5.10 Å². The molecule has 4 heteroatoms. The van der Waals surface area contributed by atoms with Gasteiger partial charge >= 0.3 is 0 Å². The largest absolute Gasteiger partial charge is 0.399 e. The number of nitrogens with two attached hydrogens (primary N) is 1. The average molecular weight is 191 g/mol. The summed E-state index contributed by atoms with van der Waals surface area (Å²) in [5.74, 6) is 0. The molecule has 14 heavy (non-hydrogen) atoms. The summed E-state index contributed by atoms with van der Waals surface area (Å²) in [6.07, 6.45) is 1.90. The topological polar surface area (TPSA) is 53.1 Å². The zero-order valence-electron chi connectivity index (χ0n) is 8.27. The molecule has 2 aromatic rings. The molecule has 1 unspecified atom stereocenters. The van der Waals surface area contributed by atoms with Crippen molar-refractivity contribution in [2.75, 3.05) is 12.8 Å². The lowest BCUT2D eigenvalue weighted by molar-refractivity contribution is 0.0507. The molecule has 1 atom stereocenters. The number of anilines is 1. The first-order valence-corrected chi connectivity index (χ1v) is 4.48. The molecule has 2 rings (SSSR count). The molecule has 0 fully saturated rings. The van der Waals surface area contributed by atoms with Crippen molar-refractivity contribution in [2.24, 2.45) is 0 Å². The first kappa shape index (κ1) is 9.02. The van der Waals surface area contributed by atoms with Crippen LogP contribution in [0.2, 0.25) is 0 Å². The first-order valence-electron chi connectivity index (χ1n) is 4.48. The number of hydrogen-bond acceptors (Lipinski definition) is 3. The fraction of sp³-hybridized carbons (Fsp3) is 0.300. The Labute approximate surface area is 82.3 Å². The smallest absolute Gasteiger partial charge is 0.147 e. The Hall–Kier alpha value is -1.55. The average Bonchev–Trinajstić information content (AvgIpc) is 2.59. The van der Waals surface area contributed by atoms with E-state index in [0.29, 0.717) is 0 Å². The summed E-state index contributed by atoms with van der Waals surface area (Å²) in [7, 11) is 1.66. The third-order valence-electron chi connectivity index (χ3n) is 2.26. The van der Waals surface area contributed by atoms with Crippen molar-refractivity contribution in [1.82, 2.24) is 9.78 Å². The van der Waals surface area contributed by atoms with Gasteiger partial charge < -0.3 is 10.5 Å². The van der Waals surface area contributed by atoms with Crippen molar-refractivity contribution in [3.63, 3.8) is 0 Å². The molecule has 2 N–H and O–H groups in total. The van der Waals surface area contributed by atoms with Crippen LogP contribution < -0.4 is 5.73 Å². The predicted molar refractivity (Wildman–Crippen MR) is 55.9 cm³/mol. The van der Waals surface area contributed by atoms with Crippen LogP contribution in [0.1, 0.15) is 13.2 Å². The van der Waals surface area contributed by atoms with E-state index < -0.39 is 0 Å². The molecule has 0 amide bonds. The second-order valence-corrected chi connectivity index (χ2v) is 3.26. The number of aromatic nitrogens is 2. The quantitative estimate of drug-likeness (QED) is 0.736. The van der Waals surface area contributed by atoms with E-state index >= 15 is 0 Å². The number of benzene rings is 1. The second-order valence-electron chi connectivity index (χ2n) is 3.26. The van der Waals surface area contributed by atoms with Gasteiger partial charge in [-0.3, -0.25) is 0 Å². The third-order valence-corrected chi connectivity index (χ3v) is 2.26. The lowest BCUT2D eigenvalue weighted by Crippen LogP contribution is -2.06. The highest BCUT2D eigenvalue weighted by Gasteiger charge is 2.05. The van der Waals surface area contributed by atoms with Gasteiger partial charge in [-0.2, -0.15) is 5.10 Å². The maximum atomic E-state index is 5.66. The lowest BCUT2D eigenvalue weighted by atomic mass is 10.2. The van der Waals surface area contributed by atoms with Gasteiger partial charge in [0.2, 0.25) is 0 Å². The van der Waals surface area contributed by atoms with Crippen LogP contribution in [0.3, 0.4) is 0 Å². The molecule has 0 bridgehead atoms. The van der Waals surface area contributed by atoms with E-state index in [9.17, 15) is 0 Å². The van der Waals surface area contributed by atoms with E-state index in [0.717, 1.165) is 16.6 Å². The number of methoxy groups -OCH3 is 1. The number of hydrogen-bond donors (Lipinski definition) is 1. The van der Waals surface area contributed by atoms with Gasteiger partial charge in [-0.1, -0.05) is 0 Å². The van der Waals surface area contributed by atoms with Gasteiger partial charge in [0.05, 0.1) is 5.52 Å². The minimum absolute atomic E-state index is 0.0522. The second kappa shape index (κ2) is 3.31. The van der Waals surface area contributed by atoms with Gasteiger partial charge in [-0.15, -0.1) is 0 Å². The Bertz CT molecular complexity index is 450. The SMILES string of the molecule is COC(C)n1cc2ccc(N)cc2n1. The summed E-state index contributed by atoms with van der Waals surface area (Å²) < 4.78 is 6.95. The van der Waals surface area contributed by atoms with E-state index in [1.807, 2.05) is 31.3 Å². The number of fused-ring (bicyclic) bond motifs is 1. The highest BCUT2D eigenvalue weighted by molar-refractivity contribution is 5.81. The molecule has 0 spiro atoms. The lowest BCUT2D eigenvalue weighted by Gasteiger charge is -2.08. The van der Waals surface area contributed by atoms with Crippen LogP contribution in [0.4, 0.5) is 5.69 Å². The summed E-state index contributed by atoms with van der Waals surface area (Å²) in [6, 6.07) is 5.68. The molecular formula is C10H13N3O. The standard InChI is InChI=1S/C10H13N3O/c1-7(14-2)13-6-8-3-4-9(11)5-10(8)12-13/h3-7H,11H2,1-2H3. The Morgan fingerprint density at radius 1 is 1.50 bits per heavy atom. The molecule has 4 nitrogen and oxygen atoms in total. The zero-order chi connectivity index (χ0) is 10.1. The van der Waals surface area contributed by atoms with Crippen LogP contribution in [0.15, 0.2) is 24.4 Å². The molecule has 0 aliphatic carbocycles. The van der Waals surface area contributed by atoms with E-state index in [-0.39, 0.29) is 6.23 Å². The molecule has 74 valence electrons. The number of nitrogen functional groups attached to an aromatic ring is 1. The van der Waals surface area contributed by atoms with Crippen LogP contribution >= 0.6 is 0 Å². The van der Waals surface area contributed by atoms with Crippen LogP contribution in [-0.4, -0.2) is 16.9 Å². The number of nitrogens with zero attached hydrogens (tertiary/aromatic N) is 2. The van der Waals surface area contributed by atoms with Crippen LogP contribution in [0.25, 0.3) is 10.9 Å². The summed E-state index contributed by atoms with van der Waals surface area (Å²) in [5, 5.41) is 5.43. The van der Waals surface area contributed by atoms with Gasteiger partial charge in [0.15, 0.2) is 0 Å². The molecule has 0 saturated heterocycles. The predicted octanol–water partition coefficient (Wildman–Crippen LogP) is 1.78. The van der Waals surface area contributed by atoms with Crippen LogP contribution in [0, 0.1) is 0 Å². The molecule has 1 aromatic heterocycles. The minimum Gasteiger partial charge on any atom is -0.399 e. The Kier molecular flexibility index (Phi) is 2.13. The summed E-state index contributed by atoms with van der Waals surface area (Å²) in [5.41, 5.74) is 7.29. The van der Waals surface area contributed by atoms with Crippen molar-refractivity contribution in [2.45, 2.75) is 13.2 Å². The van der Waals surface area contributed by atoms with Gasteiger partial charge in [0, 0.05) is 24.4 Å². The van der Waals surface area contributed by atoms with Crippen molar-refractivity contribution < 1.29 is 4.74 Å². The maximum Gasteiger partial charge on any atom is 0.147 e. The maximum absolute atomic E-state index is 5.66. The molecule has 1 heterocycles. The molecule has 0 saturated carbocycles. The molecular weight excluding hydrogens is 178 g/mol. The van der Waals surface area contributed by atoms with Crippen molar-refractivity contribution in [1.29, 1.82) is 0 Å². The molecule has 1 aromatic carbocycles. The molecule has 0 aliphatic heterocycles. The number of rotatable bonds is 2. The molecule has 0 aliphatic rings. The van der Waals surface area contributed by atoms with Crippen molar-refractivity contribution in [3.8, 4) is 0 Å². The molecule has 0 radical (unpaired) electrons. The van der Waals surface area contributed by atoms with Crippen molar-refractivity contribution in [3.05, 3.63) is 24.4 Å². The van der Waals surface area contributed by atoms with E-state index in [4.69, 9.17) is 10.5 Å². The first-order chi connectivity index (χ1) is 6.70. The fourth-order valence-corrected chi connectivity index (χ4v) is 1.35. The highest BCUT2D eigenvalue weighted by atomic mass is 16.5. The Morgan fingerprint density at radius 2 is 2.29 bits per heavy atom. The van der Waals surface area contributed by atoms with E-state index in [1.54, 1.807) is 11.8 Å². The summed E-state index contributed by atoms with van der Waals surface area (Å²) in [4.78, 5) is 0. The monoisotopic (exact) mass is 191 g/mol. The van der Waals surface area contributed by atoms with Gasteiger partial charge in [-0.25, -0.2) is 4.68 Å². The van der Waals surface area contributed by atoms with Crippen molar-refractivity contribution >= 4 is 16.6 Å². The zero-order valence-corrected chi connectivity index (χ0v) is 8.27. The number of ether oxygens (including phenoxy) is 1. The summed E-state index contributed by atoms with van der Waals surface area (Å²) in [6.45, 7) is 1.94. The van der Waals surface area contributed by atoms with Gasteiger partial charge in [0.25, 0.3) is 0 Å². The van der Waals surface area contributed by atoms with E-state index in [1.165, 1.54) is 0 Å². The van der Waals surface area contributed by atoms with Crippen LogP contribution in [0.5, 0.6) is 0 Å². The normalized spacial score (nSPS) is 13.3. The minimum atomic E-state index is -0.0522. The fourth-order valence-electron chi connectivity index (χ4n) is 1.35. The van der Waals surface area contributed by atoms with Gasteiger partial charge in [0.1, 0.15) is 6.23 Å². The Morgan fingerprint density at radius 3 is 3.00 bits per heavy atom. The highest BCUT2D eigenvalue weighted by Crippen LogP contribution is 2.17. The Balaban J connectivity index is 2.51.